The number of rotatable bonds is 4. The number of hydrogen-bond acceptors (Lipinski definition) is 5. The number of aromatic nitrogens is 2. The molecule has 1 aromatic carbocycles. The zero-order chi connectivity index (χ0) is 19.1. The number of alkyl halides is 3. The van der Waals surface area contributed by atoms with E-state index in [1.807, 2.05) is 0 Å². The topological polar surface area (TPSA) is 91.4 Å². The van der Waals surface area contributed by atoms with Crippen LogP contribution in [0.4, 0.5) is 19.0 Å². The molecular weight excluding hydrogens is 353 g/mol. The molecule has 2 heterocycles. The van der Waals surface area contributed by atoms with E-state index in [0.717, 1.165) is 4.68 Å². The normalized spacial score (nSPS) is 19.4. The van der Waals surface area contributed by atoms with Crippen molar-refractivity contribution in [1.29, 1.82) is 0 Å². The molecule has 2 atom stereocenters. The Morgan fingerprint density at radius 2 is 1.96 bits per heavy atom. The van der Waals surface area contributed by atoms with Gasteiger partial charge in [0, 0.05) is 12.5 Å². The minimum Gasteiger partial charge on any atom is -0.493 e. The van der Waals surface area contributed by atoms with Gasteiger partial charge in [0.1, 0.15) is 5.82 Å². The molecule has 3 N–H and O–H groups in total. The third kappa shape index (κ3) is 3.14. The van der Waals surface area contributed by atoms with E-state index < -0.39 is 24.2 Å². The molecule has 0 fully saturated rings. The van der Waals surface area contributed by atoms with Crippen molar-refractivity contribution < 1.29 is 27.4 Å². The maximum Gasteiger partial charge on any atom is 0.410 e. The summed E-state index contributed by atoms with van der Waals surface area (Å²) >= 11 is 0. The summed E-state index contributed by atoms with van der Waals surface area (Å²) in [5.41, 5.74) is 5.50. The van der Waals surface area contributed by atoms with Gasteiger partial charge < -0.3 is 20.5 Å². The van der Waals surface area contributed by atoms with Gasteiger partial charge in [0.25, 0.3) is 5.91 Å². The van der Waals surface area contributed by atoms with Crippen LogP contribution in [0.15, 0.2) is 24.3 Å². The van der Waals surface area contributed by atoms with E-state index >= 15 is 0 Å². The fourth-order valence-corrected chi connectivity index (χ4v) is 2.98. The number of nitrogens with one attached hydrogen (secondary N) is 1. The summed E-state index contributed by atoms with van der Waals surface area (Å²) < 4.78 is 51.7. The third-order valence-electron chi connectivity index (χ3n) is 4.25. The first-order chi connectivity index (χ1) is 12.2. The molecule has 0 radical (unpaired) electrons. The van der Waals surface area contributed by atoms with Crippen molar-refractivity contribution >= 4 is 11.7 Å². The molecular formula is C16H17F3N4O3. The van der Waals surface area contributed by atoms with E-state index in [-0.39, 0.29) is 17.9 Å². The van der Waals surface area contributed by atoms with Crippen LogP contribution in [-0.4, -0.2) is 36.1 Å². The minimum atomic E-state index is -4.54. The van der Waals surface area contributed by atoms with E-state index in [1.54, 1.807) is 18.2 Å². The van der Waals surface area contributed by atoms with Gasteiger partial charge in [-0.1, -0.05) is 6.07 Å². The van der Waals surface area contributed by atoms with E-state index in [4.69, 9.17) is 15.2 Å². The number of fused-ring (bicyclic) bond motifs is 1. The zero-order valence-corrected chi connectivity index (χ0v) is 14.0. The average Bonchev–Trinajstić information content (AvgIpc) is 3.03. The maximum absolute atomic E-state index is 13.5. The number of amides is 1. The number of primary amides is 1. The number of methoxy groups -OCH3 is 2. The van der Waals surface area contributed by atoms with Gasteiger partial charge in [0.15, 0.2) is 23.2 Å². The molecule has 3 rings (SSSR count). The summed E-state index contributed by atoms with van der Waals surface area (Å²) in [5.74, 6) is 0.0669. The van der Waals surface area contributed by atoms with Gasteiger partial charge in [-0.15, -0.1) is 0 Å². The van der Waals surface area contributed by atoms with Gasteiger partial charge in [0.05, 0.1) is 20.3 Å². The summed E-state index contributed by atoms with van der Waals surface area (Å²) in [6.07, 6.45) is -4.83. The maximum atomic E-state index is 13.5. The van der Waals surface area contributed by atoms with Crippen molar-refractivity contribution in [2.75, 3.05) is 19.5 Å². The highest BCUT2D eigenvalue weighted by molar-refractivity contribution is 5.91. The van der Waals surface area contributed by atoms with E-state index in [1.165, 1.54) is 20.3 Å². The molecule has 26 heavy (non-hydrogen) atoms. The van der Waals surface area contributed by atoms with Crippen LogP contribution in [0.1, 0.15) is 34.6 Å². The SMILES string of the molecule is COc1ccc(C2CC(C(F)(F)F)n3nc(C(N)=O)cc3N2)cc1OC. The van der Waals surface area contributed by atoms with Crippen molar-refractivity contribution in [2.24, 2.45) is 5.73 Å². The van der Waals surface area contributed by atoms with Crippen LogP contribution in [0.3, 0.4) is 0 Å². The van der Waals surface area contributed by atoms with Crippen molar-refractivity contribution in [3.05, 3.63) is 35.5 Å². The summed E-state index contributed by atoms with van der Waals surface area (Å²) in [6, 6.07) is 3.57. The highest BCUT2D eigenvalue weighted by atomic mass is 19.4. The zero-order valence-electron chi connectivity index (χ0n) is 14.0. The number of hydrogen-bond donors (Lipinski definition) is 2. The molecule has 0 saturated carbocycles. The Labute approximate surface area is 146 Å². The predicted molar refractivity (Wildman–Crippen MR) is 86.4 cm³/mol. The quantitative estimate of drug-likeness (QED) is 0.863. The molecule has 1 amide bonds. The molecule has 140 valence electrons. The van der Waals surface area contributed by atoms with Crippen LogP contribution in [0.2, 0.25) is 0 Å². The summed E-state index contributed by atoms with van der Waals surface area (Å²) in [6.45, 7) is 0. The lowest BCUT2D eigenvalue weighted by Gasteiger charge is -2.33. The van der Waals surface area contributed by atoms with Crippen molar-refractivity contribution in [3.8, 4) is 11.5 Å². The number of nitrogens with zero attached hydrogens (tertiary/aromatic N) is 2. The van der Waals surface area contributed by atoms with Crippen molar-refractivity contribution in [3.63, 3.8) is 0 Å². The van der Waals surface area contributed by atoms with Gasteiger partial charge in [-0.2, -0.15) is 18.3 Å². The van der Waals surface area contributed by atoms with Gasteiger partial charge in [0.2, 0.25) is 0 Å². The summed E-state index contributed by atoms with van der Waals surface area (Å²) in [7, 11) is 2.92. The van der Waals surface area contributed by atoms with Gasteiger partial charge in [-0.3, -0.25) is 4.79 Å². The Bertz CT molecular complexity index is 835. The second kappa shape index (κ2) is 6.43. The number of nitrogens with two attached hydrogens (primary N) is 1. The monoisotopic (exact) mass is 370 g/mol. The molecule has 0 bridgehead atoms. The molecule has 0 spiro atoms. The molecule has 0 saturated heterocycles. The number of ether oxygens (including phenoxy) is 2. The van der Waals surface area contributed by atoms with Crippen molar-refractivity contribution in [2.45, 2.75) is 24.7 Å². The molecule has 2 unspecified atom stereocenters. The first-order valence-corrected chi connectivity index (χ1v) is 7.69. The van der Waals surface area contributed by atoms with Crippen LogP contribution in [0.25, 0.3) is 0 Å². The number of anilines is 1. The van der Waals surface area contributed by atoms with E-state index in [0.29, 0.717) is 17.1 Å². The van der Waals surface area contributed by atoms with Gasteiger partial charge in [-0.05, 0) is 17.7 Å². The lowest BCUT2D eigenvalue weighted by molar-refractivity contribution is -0.173. The smallest absolute Gasteiger partial charge is 0.410 e. The molecule has 10 heteroatoms. The predicted octanol–water partition coefficient (Wildman–Crippen LogP) is 2.66. The third-order valence-corrected chi connectivity index (χ3v) is 4.25. The Balaban J connectivity index is 2.02. The summed E-state index contributed by atoms with van der Waals surface area (Å²) in [5, 5.41) is 6.68. The molecule has 7 nitrogen and oxygen atoms in total. The lowest BCUT2D eigenvalue weighted by atomic mass is 9.96. The molecule has 2 aromatic rings. The Hall–Kier alpha value is -2.91. The number of carbonyl (C=O) groups is 1. The van der Waals surface area contributed by atoms with Crippen LogP contribution >= 0.6 is 0 Å². The molecule has 1 aromatic heterocycles. The number of benzene rings is 1. The second-order valence-corrected chi connectivity index (χ2v) is 5.83. The average molecular weight is 370 g/mol. The van der Waals surface area contributed by atoms with Crippen LogP contribution in [0, 0.1) is 0 Å². The van der Waals surface area contributed by atoms with Gasteiger partial charge >= 0.3 is 6.18 Å². The first-order valence-electron chi connectivity index (χ1n) is 7.69. The fourth-order valence-electron chi connectivity index (χ4n) is 2.98. The number of halogens is 3. The van der Waals surface area contributed by atoms with Crippen molar-refractivity contribution in [1.82, 2.24) is 9.78 Å². The highest BCUT2D eigenvalue weighted by Crippen LogP contribution is 2.44. The molecule has 1 aliphatic heterocycles. The summed E-state index contributed by atoms with van der Waals surface area (Å²) in [4.78, 5) is 11.3. The second-order valence-electron chi connectivity index (χ2n) is 5.83. The minimum absolute atomic E-state index is 0.0761. The Morgan fingerprint density at radius 1 is 1.27 bits per heavy atom. The van der Waals surface area contributed by atoms with Gasteiger partial charge in [-0.25, -0.2) is 4.68 Å². The first kappa shape index (κ1) is 17.9. The van der Waals surface area contributed by atoms with E-state index in [9.17, 15) is 18.0 Å². The van der Waals surface area contributed by atoms with E-state index in [2.05, 4.69) is 10.4 Å². The molecule has 1 aliphatic rings. The Morgan fingerprint density at radius 3 is 2.54 bits per heavy atom. The Kier molecular flexibility index (Phi) is 4.43. The standard InChI is InChI=1S/C16H17F3N4O3/c1-25-11-4-3-8(5-12(11)26-2)9-6-13(16(17,18)19)23-14(21-9)7-10(22-23)15(20)24/h3-5,7,9,13,21H,6H2,1-2H3,(H2,20,24). The van der Waals surface area contributed by atoms with Crippen LogP contribution in [0.5, 0.6) is 11.5 Å². The number of carbonyl (C=O) groups excluding carboxylic acids is 1. The largest absolute Gasteiger partial charge is 0.493 e. The lowest BCUT2D eigenvalue weighted by Crippen LogP contribution is -2.35. The van der Waals surface area contributed by atoms with Crippen LogP contribution in [-0.2, 0) is 0 Å². The van der Waals surface area contributed by atoms with Crippen LogP contribution < -0.4 is 20.5 Å². The fraction of sp³-hybridized carbons (Fsp3) is 0.375. The molecule has 0 aliphatic carbocycles. The highest BCUT2D eigenvalue weighted by Gasteiger charge is 2.46.